The van der Waals surface area contributed by atoms with Gasteiger partial charge in [0.15, 0.2) is 0 Å². The molecule has 0 saturated carbocycles. The molecule has 1 aromatic rings. The topological polar surface area (TPSA) is 49.8 Å². The summed E-state index contributed by atoms with van der Waals surface area (Å²) in [4.78, 5) is 14.2. The van der Waals surface area contributed by atoms with Crippen LogP contribution in [0.4, 0.5) is 0 Å². The zero-order valence-electron chi connectivity index (χ0n) is 13.0. The van der Waals surface area contributed by atoms with E-state index >= 15 is 0 Å². The van der Waals surface area contributed by atoms with Gasteiger partial charge in [0.05, 0.1) is 18.6 Å². The SMILES string of the molecule is CCOc1ccc(CC(=O)N2CCCC(C)(O)CC2)cc1. The predicted molar refractivity (Wildman–Crippen MR) is 82.4 cm³/mol. The summed E-state index contributed by atoms with van der Waals surface area (Å²) in [5.74, 6) is 0.969. The van der Waals surface area contributed by atoms with Gasteiger partial charge in [-0.3, -0.25) is 4.79 Å². The fraction of sp³-hybridized carbons (Fsp3) is 0.588. The molecule has 1 atom stereocenters. The standard InChI is InChI=1S/C17H25NO3/c1-3-21-15-7-5-14(6-8-15)13-16(19)18-11-4-9-17(2,20)10-12-18/h5-8,20H,3-4,9-13H2,1-2H3. The minimum absolute atomic E-state index is 0.136. The highest BCUT2D eigenvalue weighted by Crippen LogP contribution is 2.22. The van der Waals surface area contributed by atoms with Gasteiger partial charge in [0.25, 0.3) is 0 Å². The second-order valence-electron chi connectivity index (χ2n) is 5.99. The molecule has 0 aromatic heterocycles. The molecule has 0 radical (unpaired) electrons. The Morgan fingerprint density at radius 2 is 2.00 bits per heavy atom. The van der Waals surface area contributed by atoms with Gasteiger partial charge in [-0.15, -0.1) is 0 Å². The number of benzene rings is 1. The fourth-order valence-electron chi connectivity index (χ4n) is 2.67. The van der Waals surface area contributed by atoms with Crippen LogP contribution in [0.25, 0.3) is 0 Å². The van der Waals surface area contributed by atoms with E-state index in [-0.39, 0.29) is 5.91 Å². The van der Waals surface area contributed by atoms with Gasteiger partial charge in [-0.05, 0) is 50.8 Å². The van der Waals surface area contributed by atoms with Gasteiger partial charge in [-0.1, -0.05) is 12.1 Å². The normalized spacial score (nSPS) is 22.7. The van der Waals surface area contributed by atoms with Gasteiger partial charge >= 0.3 is 0 Å². The van der Waals surface area contributed by atoms with Crippen molar-refractivity contribution in [2.45, 2.75) is 45.1 Å². The van der Waals surface area contributed by atoms with Gasteiger partial charge in [-0.25, -0.2) is 0 Å². The maximum atomic E-state index is 12.4. The summed E-state index contributed by atoms with van der Waals surface area (Å²) in [7, 11) is 0. The number of amides is 1. The average Bonchev–Trinajstić information content (AvgIpc) is 2.62. The Bertz CT molecular complexity index is 467. The van der Waals surface area contributed by atoms with Gasteiger partial charge in [-0.2, -0.15) is 0 Å². The van der Waals surface area contributed by atoms with Crippen LogP contribution in [0, 0.1) is 0 Å². The molecule has 21 heavy (non-hydrogen) atoms. The zero-order valence-corrected chi connectivity index (χ0v) is 13.0. The molecule has 0 bridgehead atoms. The Hall–Kier alpha value is -1.55. The van der Waals surface area contributed by atoms with Crippen molar-refractivity contribution in [2.24, 2.45) is 0 Å². The Morgan fingerprint density at radius 3 is 2.67 bits per heavy atom. The fourth-order valence-corrected chi connectivity index (χ4v) is 2.67. The molecule has 2 rings (SSSR count). The molecule has 1 heterocycles. The molecule has 0 spiro atoms. The van der Waals surface area contributed by atoms with Crippen molar-refractivity contribution in [1.82, 2.24) is 4.90 Å². The van der Waals surface area contributed by atoms with Crippen molar-refractivity contribution >= 4 is 5.91 Å². The second kappa shape index (κ2) is 6.94. The molecular formula is C17H25NO3. The summed E-state index contributed by atoms with van der Waals surface area (Å²) in [6.45, 7) is 5.83. The highest BCUT2D eigenvalue weighted by molar-refractivity contribution is 5.78. The van der Waals surface area contributed by atoms with Crippen LogP contribution in [0.2, 0.25) is 0 Å². The molecule has 1 N–H and O–H groups in total. The zero-order chi connectivity index (χ0) is 15.3. The molecule has 1 amide bonds. The molecule has 1 aromatic carbocycles. The van der Waals surface area contributed by atoms with E-state index in [0.29, 0.717) is 26.0 Å². The summed E-state index contributed by atoms with van der Waals surface area (Å²) in [6.07, 6.45) is 2.69. The van der Waals surface area contributed by atoms with Crippen LogP contribution in [-0.4, -0.2) is 41.2 Å². The lowest BCUT2D eigenvalue weighted by atomic mass is 9.98. The molecule has 0 aliphatic carbocycles. The number of carbonyl (C=O) groups excluding carboxylic acids is 1. The number of ether oxygens (including phenoxy) is 1. The van der Waals surface area contributed by atoms with Crippen LogP contribution in [0.5, 0.6) is 5.75 Å². The summed E-state index contributed by atoms with van der Waals surface area (Å²) in [5.41, 5.74) is 0.369. The minimum atomic E-state index is -0.631. The van der Waals surface area contributed by atoms with Crippen LogP contribution in [0.3, 0.4) is 0 Å². The third-order valence-electron chi connectivity index (χ3n) is 4.01. The molecular weight excluding hydrogens is 266 g/mol. The van der Waals surface area contributed by atoms with E-state index in [1.165, 1.54) is 0 Å². The summed E-state index contributed by atoms with van der Waals surface area (Å²) in [6, 6.07) is 7.69. The van der Waals surface area contributed by atoms with E-state index in [0.717, 1.165) is 30.7 Å². The number of nitrogens with zero attached hydrogens (tertiary/aromatic N) is 1. The summed E-state index contributed by atoms with van der Waals surface area (Å²) >= 11 is 0. The van der Waals surface area contributed by atoms with Crippen LogP contribution in [0.1, 0.15) is 38.7 Å². The van der Waals surface area contributed by atoms with E-state index in [2.05, 4.69) is 0 Å². The van der Waals surface area contributed by atoms with Crippen molar-refractivity contribution in [1.29, 1.82) is 0 Å². The Balaban J connectivity index is 1.91. The first-order chi connectivity index (χ1) is 10.00. The van der Waals surface area contributed by atoms with Gasteiger partial charge in [0.1, 0.15) is 5.75 Å². The van der Waals surface area contributed by atoms with Crippen LogP contribution in [0.15, 0.2) is 24.3 Å². The van der Waals surface area contributed by atoms with E-state index in [1.807, 2.05) is 43.0 Å². The second-order valence-corrected chi connectivity index (χ2v) is 5.99. The maximum absolute atomic E-state index is 12.4. The molecule has 4 nitrogen and oxygen atoms in total. The van der Waals surface area contributed by atoms with E-state index < -0.39 is 5.60 Å². The molecule has 1 fully saturated rings. The molecule has 1 unspecified atom stereocenters. The minimum Gasteiger partial charge on any atom is -0.494 e. The highest BCUT2D eigenvalue weighted by atomic mass is 16.5. The van der Waals surface area contributed by atoms with Crippen molar-refractivity contribution < 1.29 is 14.6 Å². The summed E-state index contributed by atoms with van der Waals surface area (Å²) in [5, 5.41) is 10.1. The predicted octanol–water partition coefficient (Wildman–Crippen LogP) is 2.39. The molecule has 1 saturated heterocycles. The van der Waals surface area contributed by atoms with Gasteiger partial charge in [0.2, 0.25) is 5.91 Å². The number of rotatable bonds is 4. The number of hydrogen-bond donors (Lipinski definition) is 1. The Labute approximate surface area is 126 Å². The Morgan fingerprint density at radius 1 is 1.29 bits per heavy atom. The molecule has 4 heteroatoms. The molecule has 116 valence electrons. The smallest absolute Gasteiger partial charge is 0.226 e. The van der Waals surface area contributed by atoms with Crippen LogP contribution >= 0.6 is 0 Å². The lowest BCUT2D eigenvalue weighted by Gasteiger charge is -2.22. The van der Waals surface area contributed by atoms with Crippen molar-refractivity contribution in [3.05, 3.63) is 29.8 Å². The van der Waals surface area contributed by atoms with Crippen LogP contribution in [-0.2, 0) is 11.2 Å². The van der Waals surface area contributed by atoms with E-state index in [1.54, 1.807) is 0 Å². The van der Waals surface area contributed by atoms with E-state index in [9.17, 15) is 9.90 Å². The third-order valence-corrected chi connectivity index (χ3v) is 4.01. The first-order valence-electron chi connectivity index (χ1n) is 7.72. The monoisotopic (exact) mass is 291 g/mol. The number of hydrogen-bond acceptors (Lipinski definition) is 3. The molecule has 1 aliphatic heterocycles. The molecule has 1 aliphatic rings. The van der Waals surface area contributed by atoms with Gasteiger partial charge < -0.3 is 14.7 Å². The average molecular weight is 291 g/mol. The van der Waals surface area contributed by atoms with Gasteiger partial charge in [0, 0.05) is 13.1 Å². The maximum Gasteiger partial charge on any atom is 0.226 e. The van der Waals surface area contributed by atoms with Crippen molar-refractivity contribution in [2.75, 3.05) is 19.7 Å². The quantitative estimate of drug-likeness (QED) is 0.926. The highest BCUT2D eigenvalue weighted by Gasteiger charge is 2.26. The number of likely N-dealkylation sites (tertiary alicyclic amines) is 1. The van der Waals surface area contributed by atoms with Crippen LogP contribution < -0.4 is 4.74 Å². The van der Waals surface area contributed by atoms with Crippen molar-refractivity contribution in [3.8, 4) is 5.75 Å². The first-order valence-corrected chi connectivity index (χ1v) is 7.72. The lowest BCUT2D eigenvalue weighted by Crippen LogP contribution is -2.34. The number of carbonyl (C=O) groups is 1. The number of aliphatic hydroxyl groups is 1. The van der Waals surface area contributed by atoms with Crippen molar-refractivity contribution in [3.63, 3.8) is 0 Å². The largest absolute Gasteiger partial charge is 0.494 e. The Kier molecular flexibility index (Phi) is 5.23. The first kappa shape index (κ1) is 15.8. The third kappa shape index (κ3) is 4.74. The van der Waals surface area contributed by atoms with E-state index in [4.69, 9.17) is 4.74 Å². The lowest BCUT2D eigenvalue weighted by molar-refractivity contribution is -0.130. The summed E-state index contributed by atoms with van der Waals surface area (Å²) < 4.78 is 5.40.